The average Bonchev–Trinajstić information content (AvgIpc) is 3.10. The van der Waals surface area contributed by atoms with Crippen molar-refractivity contribution in [1.82, 2.24) is 15.2 Å². The normalized spacial score (nSPS) is 12.0. The van der Waals surface area contributed by atoms with Crippen molar-refractivity contribution < 1.29 is 4.79 Å². The number of hydrogen-bond acceptors (Lipinski definition) is 4. The van der Waals surface area contributed by atoms with Crippen LogP contribution in [0.3, 0.4) is 0 Å². The Labute approximate surface area is 157 Å². The number of anilines is 1. The van der Waals surface area contributed by atoms with Crippen molar-refractivity contribution in [2.24, 2.45) is 0 Å². The van der Waals surface area contributed by atoms with E-state index in [9.17, 15) is 4.79 Å². The van der Waals surface area contributed by atoms with Crippen LogP contribution in [0.1, 0.15) is 25.0 Å². The van der Waals surface area contributed by atoms with E-state index in [2.05, 4.69) is 39.6 Å². The number of hydrogen-bond donors (Lipinski definition) is 2. The molecule has 0 spiro atoms. The fourth-order valence-corrected chi connectivity index (χ4v) is 3.23. The summed E-state index contributed by atoms with van der Waals surface area (Å²) in [4.78, 5) is 16.9. The van der Waals surface area contributed by atoms with Gasteiger partial charge >= 0.3 is 0 Å². The van der Waals surface area contributed by atoms with Gasteiger partial charge in [0.2, 0.25) is 11.1 Å². The zero-order chi connectivity index (χ0) is 18.5. The number of aryl methyl sites for hydroxylation is 2. The second-order valence-corrected chi connectivity index (χ2v) is 7.44. The molecule has 26 heavy (non-hydrogen) atoms. The Kier molecular flexibility index (Phi) is 5.73. The number of nitrogens with zero attached hydrogens (tertiary/aromatic N) is 2. The van der Waals surface area contributed by atoms with Gasteiger partial charge < -0.3 is 5.32 Å². The molecule has 134 valence electrons. The predicted molar refractivity (Wildman–Crippen MR) is 106 cm³/mol. The van der Waals surface area contributed by atoms with Crippen LogP contribution in [0.2, 0.25) is 0 Å². The predicted octanol–water partition coefficient (Wildman–Crippen LogP) is 4.46. The summed E-state index contributed by atoms with van der Waals surface area (Å²) in [5.41, 5.74) is 4.17. The molecule has 0 unspecified atom stereocenters. The van der Waals surface area contributed by atoms with Crippen LogP contribution >= 0.6 is 11.8 Å². The Morgan fingerprint density at radius 1 is 1.23 bits per heavy atom. The number of aromatic amines is 1. The fraction of sp³-hybridized carbons (Fsp3) is 0.250. The molecule has 1 atom stereocenters. The molecule has 6 heteroatoms. The number of carbonyl (C=O) groups excluding carboxylic acids is 1. The maximum absolute atomic E-state index is 12.4. The summed E-state index contributed by atoms with van der Waals surface area (Å²) in [6.07, 6.45) is 1.01. The zero-order valence-corrected chi connectivity index (χ0v) is 15.9. The van der Waals surface area contributed by atoms with Gasteiger partial charge in [-0.1, -0.05) is 55.1 Å². The molecule has 1 amide bonds. The molecule has 0 aliphatic heterocycles. The first kappa shape index (κ1) is 18.2. The maximum atomic E-state index is 12.4. The third kappa shape index (κ3) is 4.52. The summed E-state index contributed by atoms with van der Waals surface area (Å²) in [6, 6.07) is 16.0. The van der Waals surface area contributed by atoms with Gasteiger partial charge in [-0.05, 0) is 43.5 Å². The molecule has 0 saturated heterocycles. The summed E-state index contributed by atoms with van der Waals surface area (Å²) in [7, 11) is 0. The fourth-order valence-electron chi connectivity index (χ4n) is 2.50. The molecule has 3 rings (SSSR count). The number of aromatic nitrogens is 3. The number of amides is 1. The molecule has 0 aliphatic rings. The lowest BCUT2D eigenvalue weighted by molar-refractivity contribution is -0.115. The molecule has 0 aliphatic carbocycles. The standard InChI is InChI=1S/C20H22N4OS/c1-4-15-8-10-16(11-9-15)18-22-20(24-23-18)26-14(3)19(25)21-17-7-5-6-13(2)12-17/h5-12,14H,4H2,1-3H3,(H,21,25)(H,22,23,24)/t14-/m1/s1. The number of nitrogens with one attached hydrogen (secondary N) is 2. The molecule has 5 nitrogen and oxygen atoms in total. The number of benzene rings is 2. The highest BCUT2D eigenvalue weighted by molar-refractivity contribution is 8.00. The summed E-state index contributed by atoms with van der Waals surface area (Å²) in [5.74, 6) is 0.640. The molecule has 2 N–H and O–H groups in total. The van der Waals surface area contributed by atoms with Crippen LogP contribution in [0.15, 0.2) is 53.7 Å². The smallest absolute Gasteiger partial charge is 0.237 e. The van der Waals surface area contributed by atoms with Gasteiger partial charge in [0, 0.05) is 11.3 Å². The second-order valence-electron chi connectivity index (χ2n) is 6.14. The minimum atomic E-state index is -0.304. The second kappa shape index (κ2) is 8.19. The Hall–Kier alpha value is -2.60. The lowest BCUT2D eigenvalue weighted by Gasteiger charge is -2.10. The average molecular weight is 366 g/mol. The van der Waals surface area contributed by atoms with Gasteiger partial charge in [-0.25, -0.2) is 4.98 Å². The number of thioether (sulfide) groups is 1. The van der Waals surface area contributed by atoms with Crippen molar-refractivity contribution in [3.63, 3.8) is 0 Å². The number of carbonyl (C=O) groups is 1. The monoisotopic (exact) mass is 366 g/mol. The molecule has 0 saturated carbocycles. The van der Waals surface area contributed by atoms with Gasteiger partial charge in [0.1, 0.15) is 0 Å². The van der Waals surface area contributed by atoms with Crippen LogP contribution in [-0.2, 0) is 11.2 Å². The highest BCUT2D eigenvalue weighted by Gasteiger charge is 2.17. The van der Waals surface area contributed by atoms with E-state index in [1.165, 1.54) is 17.3 Å². The molecular formula is C20H22N4OS. The van der Waals surface area contributed by atoms with E-state index in [0.29, 0.717) is 11.0 Å². The van der Waals surface area contributed by atoms with Gasteiger partial charge in [0.15, 0.2) is 5.82 Å². The van der Waals surface area contributed by atoms with Gasteiger partial charge in [0.05, 0.1) is 5.25 Å². The van der Waals surface area contributed by atoms with Crippen LogP contribution in [0.25, 0.3) is 11.4 Å². The van der Waals surface area contributed by atoms with Crippen molar-refractivity contribution in [3.8, 4) is 11.4 Å². The van der Waals surface area contributed by atoms with E-state index < -0.39 is 0 Å². The first-order chi connectivity index (χ1) is 12.5. The Balaban J connectivity index is 1.63. The SMILES string of the molecule is CCc1ccc(-c2nc(S[C@H](C)C(=O)Nc3cccc(C)c3)n[nH]2)cc1. The van der Waals surface area contributed by atoms with Crippen molar-refractivity contribution in [3.05, 3.63) is 59.7 Å². The van der Waals surface area contributed by atoms with Crippen molar-refractivity contribution in [2.45, 2.75) is 37.6 Å². The summed E-state index contributed by atoms with van der Waals surface area (Å²) in [5, 5.41) is 10.4. The van der Waals surface area contributed by atoms with Crippen LogP contribution < -0.4 is 5.32 Å². The Morgan fingerprint density at radius 2 is 2.00 bits per heavy atom. The zero-order valence-electron chi connectivity index (χ0n) is 15.1. The van der Waals surface area contributed by atoms with Crippen molar-refractivity contribution in [2.75, 3.05) is 5.32 Å². The topological polar surface area (TPSA) is 70.7 Å². The first-order valence-electron chi connectivity index (χ1n) is 8.61. The lowest BCUT2D eigenvalue weighted by atomic mass is 10.1. The van der Waals surface area contributed by atoms with Gasteiger partial charge in [-0.15, -0.1) is 5.10 Å². The van der Waals surface area contributed by atoms with Gasteiger partial charge in [-0.3, -0.25) is 9.89 Å². The Bertz CT molecular complexity index is 889. The molecule has 0 bridgehead atoms. The third-order valence-corrected chi connectivity index (χ3v) is 5.00. The molecule has 1 heterocycles. The van der Waals surface area contributed by atoms with Gasteiger partial charge in [-0.2, -0.15) is 0 Å². The molecule has 2 aromatic carbocycles. The molecule has 0 radical (unpaired) electrons. The largest absolute Gasteiger partial charge is 0.325 e. The van der Waals surface area contributed by atoms with Crippen molar-refractivity contribution in [1.29, 1.82) is 0 Å². The van der Waals surface area contributed by atoms with Crippen LogP contribution in [0.4, 0.5) is 5.69 Å². The van der Waals surface area contributed by atoms with E-state index in [-0.39, 0.29) is 11.2 Å². The van der Waals surface area contributed by atoms with Gasteiger partial charge in [0.25, 0.3) is 0 Å². The van der Waals surface area contributed by atoms with E-state index >= 15 is 0 Å². The molecule has 1 aromatic heterocycles. The highest BCUT2D eigenvalue weighted by Crippen LogP contribution is 2.24. The van der Waals surface area contributed by atoms with Crippen LogP contribution in [0, 0.1) is 6.92 Å². The highest BCUT2D eigenvalue weighted by atomic mass is 32.2. The van der Waals surface area contributed by atoms with Crippen LogP contribution in [-0.4, -0.2) is 26.3 Å². The van der Waals surface area contributed by atoms with E-state index in [1.54, 1.807) is 0 Å². The lowest BCUT2D eigenvalue weighted by Crippen LogP contribution is -2.22. The maximum Gasteiger partial charge on any atom is 0.237 e. The van der Waals surface area contributed by atoms with Crippen LogP contribution in [0.5, 0.6) is 0 Å². The minimum Gasteiger partial charge on any atom is -0.325 e. The van der Waals surface area contributed by atoms with E-state index in [0.717, 1.165) is 23.2 Å². The Morgan fingerprint density at radius 3 is 2.69 bits per heavy atom. The summed E-state index contributed by atoms with van der Waals surface area (Å²) in [6.45, 7) is 5.97. The number of H-pyrrole nitrogens is 1. The summed E-state index contributed by atoms with van der Waals surface area (Å²) < 4.78 is 0. The van der Waals surface area contributed by atoms with Crippen molar-refractivity contribution >= 4 is 23.4 Å². The summed E-state index contributed by atoms with van der Waals surface area (Å²) >= 11 is 1.33. The molecule has 0 fully saturated rings. The van der Waals surface area contributed by atoms with E-state index in [4.69, 9.17) is 0 Å². The number of rotatable bonds is 6. The molecule has 3 aromatic rings. The van der Waals surface area contributed by atoms with E-state index in [1.807, 2.05) is 50.2 Å². The third-order valence-electron chi connectivity index (χ3n) is 4.04. The first-order valence-corrected chi connectivity index (χ1v) is 9.49. The quantitative estimate of drug-likeness (QED) is 0.632. The molecular weight excluding hydrogens is 344 g/mol. The minimum absolute atomic E-state index is 0.0701.